The van der Waals surface area contributed by atoms with Crippen LogP contribution in [0.4, 0.5) is 11.5 Å². The maximum absolute atomic E-state index is 12.1. The second-order valence-corrected chi connectivity index (χ2v) is 6.23. The number of nitrogens with zero attached hydrogens (tertiary/aromatic N) is 3. The van der Waals surface area contributed by atoms with Gasteiger partial charge in [0.1, 0.15) is 0 Å². The van der Waals surface area contributed by atoms with Gasteiger partial charge >= 0.3 is 0 Å². The van der Waals surface area contributed by atoms with Gasteiger partial charge in [-0.15, -0.1) is 10.2 Å². The molecule has 1 aromatic carbocycles. The summed E-state index contributed by atoms with van der Waals surface area (Å²) < 4.78 is 0. The summed E-state index contributed by atoms with van der Waals surface area (Å²) in [7, 11) is 0. The third-order valence-electron chi connectivity index (χ3n) is 4.30. The standard InChI is InChI=1S/C20H21N5O/c21-14-16-6-8-17(9-7-16)23-19-11-10-18(24-25-19)20(26)22-13-12-15-4-2-1-3-5-15/h4,6-11H,1-3,5,12-13H2,(H,22,26)(H,23,25). The molecule has 0 atom stereocenters. The number of hydrogen-bond acceptors (Lipinski definition) is 5. The van der Waals surface area contributed by atoms with Crippen LogP contribution in [0.25, 0.3) is 0 Å². The van der Waals surface area contributed by atoms with E-state index in [-0.39, 0.29) is 5.91 Å². The molecule has 0 saturated heterocycles. The molecule has 0 fully saturated rings. The van der Waals surface area contributed by atoms with Crippen LogP contribution < -0.4 is 10.6 Å². The Kier molecular flexibility index (Phi) is 5.94. The second-order valence-electron chi connectivity index (χ2n) is 6.23. The summed E-state index contributed by atoms with van der Waals surface area (Å²) in [5.74, 6) is 0.331. The van der Waals surface area contributed by atoms with Crippen LogP contribution in [-0.2, 0) is 0 Å². The van der Waals surface area contributed by atoms with Gasteiger partial charge in [0.2, 0.25) is 0 Å². The molecule has 0 saturated carbocycles. The molecular formula is C20H21N5O. The van der Waals surface area contributed by atoms with Crippen molar-refractivity contribution in [2.24, 2.45) is 0 Å². The highest BCUT2D eigenvalue weighted by molar-refractivity contribution is 5.92. The quantitative estimate of drug-likeness (QED) is 0.777. The van der Waals surface area contributed by atoms with Crippen LogP contribution in [-0.4, -0.2) is 22.6 Å². The van der Waals surface area contributed by atoms with Crippen molar-refractivity contribution < 1.29 is 4.79 Å². The van der Waals surface area contributed by atoms with Crippen LogP contribution in [0.3, 0.4) is 0 Å². The molecule has 0 unspecified atom stereocenters. The number of anilines is 2. The average molecular weight is 347 g/mol. The summed E-state index contributed by atoms with van der Waals surface area (Å²) >= 11 is 0. The Morgan fingerprint density at radius 3 is 2.62 bits per heavy atom. The van der Waals surface area contributed by atoms with Gasteiger partial charge in [-0.25, -0.2) is 0 Å². The van der Waals surface area contributed by atoms with Crippen LogP contribution in [0.15, 0.2) is 48.0 Å². The number of nitrogens with one attached hydrogen (secondary N) is 2. The summed E-state index contributed by atoms with van der Waals surface area (Å²) in [6.45, 7) is 0.623. The number of rotatable bonds is 6. The SMILES string of the molecule is N#Cc1ccc(Nc2ccc(C(=O)NCCC3=CCCCC3)nn2)cc1. The maximum Gasteiger partial charge on any atom is 0.271 e. The molecule has 1 aliphatic rings. The average Bonchev–Trinajstić information content (AvgIpc) is 2.70. The number of carbonyl (C=O) groups excluding carboxylic acids is 1. The van der Waals surface area contributed by atoms with E-state index in [1.807, 2.05) is 0 Å². The van der Waals surface area contributed by atoms with Crippen molar-refractivity contribution in [1.29, 1.82) is 5.26 Å². The van der Waals surface area contributed by atoms with Crippen molar-refractivity contribution >= 4 is 17.4 Å². The van der Waals surface area contributed by atoms with Crippen LogP contribution in [0, 0.1) is 11.3 Å². The number of carbonyl (C=O) groups is 1. The topological polar surface area (TPSA) is 90.7 Å². The maximum atomic E-state index is 12.1. The van der Waals surface area contributed by atoms with Crippen molar-refractivity contribution in [3.05, 3.63) is 59.3 Å². The monoisotopic (exact) mass is 347 g/mol. The minimum absolute atomic E-state index is 0.209. The van der Waals surface area contributed by atoms with Crippen LogP contribution in [0.5, 0.6) is 0 Å². The number of nitriles is 1. The highest BCUT2D eigenvalue weighted by Crippen LogP contribution is 2.19. The first-order valence-electron chi connectivity index (χ1n) is 8.81. The third kappa shape index (κ3) is 4.90. The van der Waals surface area contributed by atoms with Crippen molar-refractivity contribution in [2.75, 3.05) is 11.9 Å². The van der Waals surface area contributed by atoms with Crippen molar-refractivity contribution in [3.8, 4) is 6.07 Å². The van der Waals surface area contributed by atoms with E-state index in [1.165, 1.54) is 18.4 Å². The molecule has 0 aliphatic heterocycles. The van der Waals surface area contributed by atoms with Gasteiger partial charge in [-0.05, 0) is 68.5 Å². The molecule has 1 aromatic heterocycles. The van der Waals surface area contributed by atoms with Crippen molar-refractivity contribution in [1.82, 2.24) is 15.5 Å². The first-order valence-corrected chi connectivity index (χ1v) is 8.81. The molecule has 1 amide bonds. The molecule has 132 valence electrons. The molecule has 3 rings (SSSR count). The van der Waals surface area contributed by atoms with Gasteiger partial charge in [0.05, 0.1) is 11.6 Å². The Morgan fingerprint density at radius 1 is 1.12 bits per heavy atom. The Hall–Kier alpha value is -3.20. The summed E-state index contributed by atoms with van der Waals surface area (Å²) in [6.07, 6.45) is 8.01. The lowest BCUT2D eigenvalue weighted by Crippen LogP contribution is -2.26. The van der Waals surface area contributed by atoms with Crippen LogP contribution in [0.1, 0.15) is 48.2 Å². The number of allylic oxidation sites excluding steroid dienone is 1. The lowest BCUT2D eigenvalue weighted by molar-refractivity contribution is 0.0948. The Bertz CT molecular complexity index is 819. The molecule has 0 radical (unpaired) electrons. The summed E-state index contributed by atoms with van der Waals surface area (Å²) in [4.78, 5) is 12.1. The first kappa shape index (κ1) is 17.6. The van der Waals surface area contributed by atoms with E-state index in [9.17, 15) is 4.79 Å². The van der Waals surface area contributed by atoms with Gasteiger partial charge in [0.15, 0.2) is 11.5 Å². The predicted octanol–water partition coefficient (Wildman–Crippen LogP) is 3.71. The van der Waals surface area contributed by atoms with Crippen molar-refractivity contribution in [3.63, 3.8) is 0 Å². The fraction of sp³-hybridized carbons (Fsp3) is 0.300. The highest BCUT2D eigenvalue weighted by Gasteiger charge is 2.09. The first-order chi connectivity index (χ1) is 12.7. The molecular weight excluding hydrogens is 326 g/mol. The van der Waals surface area contributed by atoms with E-state index in [2.05, 4.69) is 33.0 Å². The normalized spacial score (nSPS) is 13.4. The molecule has 2 N–H and O–H groups in total. The molecule has 2 aromatic rings. The van der Waals surface area contributed by atoms with Gasteiger partial charge < -0.3 is 10.6 Å². The number of benzene rings is 1. The lowest BCUT2D eigenvalue weighted by Gasteiger charge is -2.12. The van der Waals surface area contributed by atoms with Gasteiger partial charge in [-0.3, -0.25) is 4.79 Å². The smallest absolute Gasteiger partial charge is 0.271 e. The van der Waals surface area contributed by atoms with Crippen LogP contribution in [0.2, 0.25) is 0 Å². The fourth-order valence-electron chi connectivity index (χ4n) is 2.85. The van der Waals surface area contributed by atoms with E-state index < -0.39 is 0 Å². The van der Waals surface area contributed by atoms with Crippen LogP contribution >= 0.6 is 0 Å². The Balaban J connectivity index is 1.50. The second kappa shape index (κ2) is 8.77. The van der Waals surface area contributed by atoms with E-state index in [1.54, 1.807) is 36.4 Å². The molecule has 6 nitrogen and oxygen atoms in total. The largest absolute Gasteiger partial charge is 0.350 e. The third-order valence-corrected chi connectivity index (χ3v) is 4.30. The van der Waals surface area contributed by atoms with Gasteiger partial charge in [0, 0.05) is 12.2 Å². The molecule has 0 spiro atoms. The van der Waals surface area contributed by atoms with Gasteiger partial charge in [-0.2, -0.15) is 5.26 Å². The molecule has 6 heteroatoms. The highest BCUT2D eigenvalue weighted by atomic mass is 16.1. The molecule has 26 heavy (non-hydrogen) atoms. The number of aromatic nitrogens is 2. The van der Waals surface area contributed by atoms with Gasteiger partial charge in [-0.1, -0.05) is 11.6 Å². The van der Waals surface area contributed by atoms with E-state index in [0.717, 1.165) is 24.9 Å². The summed E-state index contributed by atoms with van der Waals surface area (Å²) in [5.41, 5.74) is 3.13. The predicted molar refractivity (Wildman–Crippen MR) is 100.0 cm³/mol. The number of amides is 1. The summed E-state index contributed by atoms with van der Waals surface area (Å²) in [5, 5.41) is 22.8. The number of hydrogen-bond donors (Lipinski definition) is 2. The zero-order chi connectivity index (χ0) is 18.2. The zero-order valence-corrected chi connectivity index (χ0v) is 14.5. The zero-order valence-electron chi connectivity index (χ0n) is 14.5. The lowest BCUT2D eigenvalue weighted by atomic mass is 9.97. The molecule has 1 heterocycles. The minimum Gasteiger partial charge on any atom is -0.350 e. The van der Waals surface area contributed by atoms with Gasteiger partial charge in [0.25, 0.3) is 5.91 Å². The summed E-state index contributed by atoms with van der Waals surface area (Å²) in [6, 6.07) is 12.5. The molecule has 0 bridgehead atoms. The fourth-order valence-corrected chi connectivity index (χ4v) is 2.85. The Morgan fingerprint density at radius 2 is 1.96 bits per heavy atom. The van der Waals surface area contributed by atoms with E-state index in [4.69, 9.17) is 5.26 Å². The van der Waals surface area contributed by atoms with E-state index >= 15 is 0 Å². The molecule has 1 aliphatic carbocycles. The minimum atomic E-state index is -0.209. The Labute approximate surface area is 153 Å². The van der Waals surface area contributed by atoms with Crippen molar-refractivity contribution in [2.45, 2.75) is 32.1 Å². The van der Waals surface area contributed by atoms with E-state index in [0.29, 0.717) is 23.6 Å².